The van der Waals surface area contributed by atoms with Gasteiger partial charge in [0.1, 0.15) is 23.0 Å². The molecule has 0 saturated carbocycles. The number of hydrogen-bond donors (Lipinski definition) is 1. The van der Waals surface area contributed by atoms with Gasteiger partial charge >= 0.3 is 0 Å². The van der Waals surface area contributed by atoms with Gasteiger partial charge in [-0.3, -0.25) is 14.5 Å². The van der Waals surface area contributed by atoms with Crippen LogP contribution in [-0.4, -0.2) is 23.4 Å². The monoisotopic (exact) mass is 533 g/mol. The Hall–Kier alpha value is -4.84. The van der Waals surface area contributed by atoms with Crippen molar-refractivity contribution in [1.29, 1.82) is 0 Å². The molecule has 1 aliphatic rings. The highest BCUT2D eigenvalue weighted by Crippen LogP contribution is 2.44. The molecule has 1 N–H and O–H groups in total. The second-order valence-electron chi connectivity index (χ2n) is 9.77. The summed E-state index contributed by atoms with van der Waals surface area (Å²) in [6, 6.07) is 28.4. The molecular weight excluding hydrogens is 502 g/mol. The summed E-state index contributed by atoms with van der Waals surface area (Å²) in [6.07, 6.45) is 0.872. The number of aryl methyl sites for hydroxylation is 2. The fraction of sp³-hybridized carbons (Fsp3) is 0.176. The van der Waals surface area contributed by atoms with Gasteiger partial charge in [-0.2, -0.15) is 0 Å². The largest absolute Gasteiger partial charge is 0.507 e. The molecule has 0 aliphatic carbocycles. The first-order valence-electron chi connectivity index (χ1n) is 13.3. The molecule has 1 amide bonds. The Labute approximate surface area is 234 Å². The first-order chi connectivity index (χ1) is 19.4. The molecule has 40 heavy (non-hydrogen) atoms. The lowest BCUT2D eigenvalue weighted by atomic mass is 9.94. The highest BCUT2D eigenvalue weighted by Gasteiger charge is 2.47. The van der Waals surface area contributed by atoms with Crippen LogP contribution >= 0.6 is 0 Å². The average molecular weight is 534 g/mol. The van der Waals surface area contributed by atoms with Crippen LogP contribution in [0.2, 0.25) is 0 Å². The summed E-state index contributed by atoms with van der Waals surface area (Å²) in [5.41, 5.74) is 3.34. The summed E-state index contributed by atoms with van der Waals surface area (Å²) in [4.78, 5) is 28.7. The van der Waals surface area contributed by atoms with Crippen LogP contribution in [0.4, 0.5) is 5.69 Å². The summed E-state index contributed by atoms with van der Waals surface area (Å²) >= 11 is 0. The summed E-state index contributed by atoms with van der Waals surface area (Å²) in [7, 11) is 0. The maximum atomic E-state index is 13.6. The quantitative estimate of drug-likeness (QED) is 0.144. The standard InChI is InChI=1S/C34H31NO5/c1-4-19-39-29-18-17-25(20-23(29)3)32(36)30-31(35(34(38)33(30)37)28-16-9-8-11-22(28)2)24-12-10-15-27(21-24)40-26-13-6-5-7-14-26/h5-18,20-21,31,36H,4,19H2,1-3H3/b32-30+. The second kappa shape index (κ2) is 11.5. The van der Waals surface area contributed by atoms with Gasteiger partial charge in [-0.05, 0) is 85.5 Å². The molecule has 1 aliphatic heterocycles. The van der Waals surface area contributed by atoms with Crippen molar-refractivity contribution in [3.05, 3.63) is 125 Å². The number of aliphatic hydroxyl groups excluding tert-OH is 1. The number of ether oxygens (including phenoxy) is 2. The van der Waals surface area contributed by atoms with Crippen molar-refractivity contribution < 1.29 is 24.2 Å². The van der Waals surface area contributed by atoms with Crippen molar-refractivity contribution in [2.45, 2.75) is 33.2 Å². The van der Waals surface area contributed by atoms with Gasteiger partial charge in [0.15, 0.2) is 0 Å². The van der Waals surface area contributed by atoms with E-state index in [9.17, 15) is 14.7 Å². The van der Waals surface area contributed by atoms with Gasteiger partial charge in [-0.1, -0.05) is 55.5 Å². The Bertz CT molecular complexity index is 1590. The van der Waals surface area contributed by atoms with Crippen LogP contribution in [0.1, 0.15) is 41.6 Å². The molecule has 1 fully saturated rings. The van der Waals surface area contributed by atoms with E-state index < -0.39 is 17.7 Å². The molecule has 1 atom stereocenters. The van der Waals surface area contributed by atoms with E-state index in [2.05, 4.69) is 0 Å². The van der Waals surface area contributed by atoms with E-state index in [0.29, 0.717) is 40.7 Å². The number of rotatable bonds is 8. The number of ketones is 1. The van der Waals surface area contributed by atoms with Gasteiger partial charge in [-0.25, -0.2) is 0 Å². The van der Waals surface area contributed by atoms with Crippen LogP contribution in [0.5, 0.6) is 17.2 Å². The summed E-state index contributed by atoms with van der Waals surface area (Å²) in [5.74, 6) is 0.236. The molecule has 0 aromatic heterocycles. The van der Waals surface area contributed by atoms with Crippen molar-refractivity contribution in [3.63, 3.8) is 0 Å². The number of aliphatic hydroxyl groups is 1. The lowest BCUT2D eigenvalue weighted by Gasteiger charge is -2.27. The van der Waals surface area contributed by atoms with Crippen molar-refractivity contribution in [2.75, 3.05) is 11.5 Å². The smallest absolute Gasteiger partial charge is 0.300 e. The van der Waals surface area contributed by atoms with Crippen molar-refractivity contribution >= 4 is 23.1 Å². The molecule has 1 heterocycles. The fourth-order valence-electron chi connectivity index (χ4n) is 4.93. The van der Waals surface area contributed by atoms with Crippen LogP contribution in [-0.2, 0) is 9.59 Å². The zero-order chi connectivity index (χ0) is 28.2. The molecule has 1 saturated heterocycles. The van der Waals surface area contributed by atoms with Gasteiger partial charge in [0.2, 0.25) is 0 Å². The topological polar surface area (TPSA) is 76.1 Å². The Morgan fingerprint density at radius 1 is 0.825 bits per heavy atom. The van der Waals surface area contributed by atoms with Crippen molar-refractivity contribution in [2.24, 2.45) is 0 Å². The van der Waals surface area contributed by atoms with Crippen LogP contribution in [0.15, 0.2) is 103 Å². The van der Waals surface area contributed by atoms with E-state index in [0.717, 1.165) is 17.5 Å². The molecule has 5 rings (SSSR count). The number of Topliss-reactive ketones (excluding diaryl/α,β-unsaturated/α-hetero) is 1. The highest BCUT2D eigenvalue weighted by atomic mass is 16.5. The normalized spacial score (nSPS) is 16.3. The van der Waals surface area contributed by atoms with E-state index in [-0.39, 0.29) is 11.3 Å². The van der Waals surface area contributed by atoms with Crippen LogP contribution in [0, 0.1) is 13.8 Å². The van der Waals surface area contributed by atoms with Gasteiger partial charge in [0, 0.05) is 11.3 Å². The fourth-order valence-corrected chi connectivity index (χ4v) is 4.93. The molecule has 4 aromatic rings. The number of benzene rings is 4. The van der Waals surface area contributed by atoms with E-state index >= 15 is 0 Å². The van der Waals surface area contributed by atoms with Gasteiger partial charge in [-0.15, -0.1) is 0 Å². The minimum Gasteiger partial charge on any atom is -0.507 e. The van der Waals surface area contributed by atoms with E-state index in [4.69, 9.17) is 9.47 Å². The van der Waals surface area contributed by atoms with Gasteiger partial charge < -0.3 is 14.6 Å². The van der Waals surface area contributed by atoms with Crippen molar-refractivity contribution in [3.8, 4) is 17.2 Å². The van der Waals surface area contributed by atoms with Crippen LogP contribution in [0.25, 0.3) is 5.76 Å². The van der Waals surface area contributed by atoms with E-state index in [1.54, 1.807) is 24.3 Å². The number of carbonyl (C=O) groups is 2. The third-order valence-corrected chi connectivity index (χ3v) is 6.88. The molecule has 0 bridgehead atoms. The molecule has 6 nitrogen and oxygen atoms in total. The number of amides is 1. The third kappa shape index (κ3) is 5.21. The Morgan fingerprint density at radius 3 is 2.27 bits per heavy atom. The highest BCUT2D eigenvalue weighted by molar-refractivity contribution is 6.51. The minimum absolute atomic E-state index is 0.0201. The third-order valence-electron chi connectivity index (χ3n) is 6.88. The average Bonchev–Trinajstić information content (AvgIpc) is 3.23. The number of nitrogens with zero attached hydrogens (tertiary/aromatic N) is 1. The Morgan fingerprint density at radius 2 is 1.55 bits per heavy atom. The Balaban J connectivity index is 1.65. The lowest BCUT2D eigenvalue weighted by molar-refractivity contribution is -0.132. The van der Waals surface area contributed by atoms with E-state index in [1.807, 2.05) is 93.6 Å². The zero-order valence-electron chi connectivity index (χ0n) is 22.8. The predicted octanol–water partition coefficient (Wildman–Crippen LogP) is 7.51. The van der Waals surface area contributed by atoms with Crippen LogP contribution in [0.3, 0.4) is 0 Å². The summed E-state index contributed by atoms with van der Waals surface area (Å²) in [5, 5.41) is 11.6. The first-order valence-corrected chi connectivity index (χ1v) is 13.3. The molecule has 202 valence electrons. The second-order valence-corrected chi connectivity index (χ2v) is 9.77. The number of hydrogen-bond acceptors (Lipinski definition) is 5. The zero-order valence-corrected chi connectivity index (χ0v) is 22.8. The molecule has 0 radical (unpaired) electrons. The van der Waals surface area contributed by atoms with Gasteiger partial charge in [0.05, 0.1) is 18.2 Å². The molecule has 6 heteroatoms. The SMILES string of the molecule is CCCOc1ccc(/C(O)=C2\C(=O)C(=O)N(c3ccccc3C)C2c2cccc(Oc3ccccc3)c2)cc1C. The summed E-state index contributed by atoms with van der Waals surface area (Å²) < 4.78 is 11.8. The molecule has 0 spiro atoms. The maximum absolute atomic E-state index is 13.6. The Kier molecular flexibility index (Phi) is 7.69. The molecule has 1 unspecified atom stereocenters. The predicted molar refractivity (Wildman–Crippen MR) is 156 cm³/mol. The minimum atomic E-state index is -0.864. The number of carbonyl (C=O) groups excluding carboxylic acids is 2. The summed E-state index contributed by atoms with van der Waals surface area (Å²) in [6.45, 7) is 6.38. The number of para-hydroxylation sites is 2. The first kappa shape index (κ1) is 26.8. The van der Waals surface area contributed by atoms with E-state index in [1.165, 1.54) is 4.90 Å². The van der Waals surface area contributed by atoms with Crippen LogP contribution < -0.4 is 14.4 Å². The molecular formula is C34H31NO5. The van der Waals surface area contributed by atoms with Gasteiger partial charge in [0.25, 0.3) is 11.7 Å². The maximum Gasteiger partial charge on any atom is 0.300 e. The molecule has 4 aromatic carbocycles. The lowest BCUT2D eigenvalue weighted by Crippen LogP contribution is -2.30. The van der Waals surface area contributed by atoms with Crippen molar-refractivity contribution in [1.82, 2.24) is 0 Å². The number of anilines is 1.